The molecule has 4 rings (SSSR count). The minimum atomic E-state index is -4.45. The Labute approximate surface area is 206 Å². The first-order chi connectivity index (χ1) is 16.7. The molecule has 0 saturated carbocycles. The van der Waals surface area contributed by atoms with Crippen LogP contribution in [0.3, 0.4) is 0 Å². The lowest BCUT2D eigenvalue weighted by Crippen LogP contribution is -2.38. The number of hydrogen-bond acceptors (Lipinski definition) is 3. The Morgan fingerprint density at radius 1 is 1.06 bits per heavy atom. The molecule has 1 amide bonds. The second kappa shape index (κ2) is 10.8. The highest BCUT2D eigenvalue weighted by Crippen LogP contribution is 2.32. The Bertz CT molecular complexity index is 1320. The minimum absolute atomic E-state index is 0. The summed E-state index contributed by atoms with van der Waals surface area (Å²) in [5.41, 5.74) is 1.18. The normalized spacial score (nSPS) is 13.1. The Hall–Kier alpha value is -3.88. The molecule has 0 aliphatic rings. The molecule has 1 N–H and O–H groups in total. The van der Waals surface area contributed by atoms with Crippen LogP contribution in [-0.4, -0.2) is 21.7 Å². The predicted molar refractivity (Wildman–Crippen MR) is 130 cm³/mol. The van der Waals surface area contributed by atoms with E-state index in [4.69, 9.17) is 4.74 Å². The van der Waals surface area contributed by atoms with Crippen molar-refractivity contribution in [1.82, 2.24) is 15.1 Å². The molecule has 0 spiro atoms. The summed E-state index contributed by atoms with van der Waals surface area (Å²) in [6, 6.07) is 15.4. The van der Waals surface area contributed by atoms with Crippen molar-refractivity contribution in [2.24, 2.45) is 0 Å². The largest absolute Gasteiger partial charge is 0.484 e. The van der Waals surface area contributed by atoms with E-state index in [-0.39, 0.29) is 25.6 Å². The van der Waals surface area contributed by atoms with Gasteiger partial charge in [-0.25, -0.2) is 9.07 Å². The van der Waals surface area contributed by atoms with Gasteiger partial charge in [0.2, 0.25) is 5.91 Å². The molecule has 0 bridgehead atoms. The van der Waals surface area contributed by atoms with Gasteiger partial charge in [-0.15, -0.1) is 0 Å². The van der Waals surface area contributed by atoms with Crippen molar-refractivity contribution in [3.63, 3.8) is 0 Å². The molecule has 5 nitrogen and oxygen atoms in total. The zero-order valence-corrected chi connectivity index (χ0v) is 19.0. The Morgan fingerprint density at radius 3 is 2.33 bits per heavy atom. The van der Waals surface area contributed by atoms with Crippen molar-refractivity contribution in [2.75, 3.05) is 0 Å². The molecule has 0 aliphatic heterocycles. The molecule has 2 atom stereocenters. The van der Waals surface area contributed by atoms with Crippen LogP contribution < -0.4 is 10.1 Å². The summed E-state index contributed by atoms with van der Waals surface area (Å²) in [6.45, 7) is 3.45. The monoisotopic (exact) mass is 501 g/mol. The van der Waals surface area contributed by atoms with Crippen LogP contribution in [0, 0.1) is 5.82 Å². The van der Waals surface area contributed by atoms with E-state index in [0.29, 0.717) is 17.0 Å². The molecule has 1 aromatic heterocycles. The lowest BCUT2D eigenvalue weighted by molar-refractivity contribution is -0.137. The molecule has 9 heteroatoms. The van der Waals surface area contributed by atoms with E-state index in [9.17, 15) is 22.4 Å². The van der Waals surface area contributed by atoms with Crippen molar-refractivity contribution in [2.45, 2.75) is 46.0 Å². The fourth-order valence-electron chi connectivity index (χ4n) is 3.77. The summed E-state index contributed by atoms with van der Waals surface area (Å²) in [5.74, 6) is -0.0906. The number of carbonyl (C=O) groups is 1. The van der Waals surface area contributed by atoms with Crippen molar-refractivity contribution >= 4 is 16.8 Å². The van der Waals surface area contributed by atoms with Gasteiger partial charge in [0.25, 0.3) is 0 Å². The van der Waals surface area contributed by atoms with Crippen LogP contribution in [0.4, 0.5) is 17.6 Å². The molecule has 0 saturated heterocycles. The Morgan fingerprint density at radius 2 is 1.72 bits per heavy atom. The summed E-state index contributed by atoms with van der Waals surface area (Å²) in [6.07, 6.45) is -3.29. The standard InChI is InChI=1S/C26H23F4N3O2.CH4/c1-3-24(34)32-16(2)25(17-4-6-19(7-5-17)26(28,29)30)35-22-12-13-23-18(14-22)15-31-33(23)21-10-8-20(27)9-11-21;/h4-16,25H,3H2,1-2H3,(H,32,34);1H4/t16-,25-;/m0./s1. The summed E-state index contributed by atoms with van der Waals surface area (Å²) in [7, 11) is 0. The number of nitrogens with one attached hydrogen (secondary N) is 1. The molecular formula is C27H27F4N3O2. The summed E-state index contributed by atoms with van der Waals surface area (Å²) < 4.78 is 60.2. The number of alkyl halides is 3. The summed E-state index contributed by atoms with van der Waals surface area (Å²) in [5, 5.41) is 7.95. The molecule has 0 radical (unpaired) electrons. The molecular weight excluding hydrogens is 474 g/mol. The van der Waals surface area contributed by atoms with Crippen molar-refractivity contribution in [1.29, 1.82) is 0 Å². The highest BCUT2D eigenvalue weighted by Gasteiger charge is 2.31. The van der Waals surface area contributed by atoms with Gasteiger partial charge in [0.15, 0.2) is 0 Å². The Kier molecular flexibility index (Phi) is 8.02. The smallest absolute Gasteiger partial charge is 0.416 e. The van der Waals surface area contributed by atoms with Gasteiger partial charge < -0.3 is 10.1 Å². The van der Waals surface area contributed by atoms with Crippen LogP contribution in [0.5, 0.6) is 5.75 Å². The van der Waals surface area contributed by atoms with E-state index >= 15 is 0 Å². The molecule has 3 aromatic carbocycles. The van der Waals surface area contributed by atoms with E-state index in [1.807, 2.05) is 0 Å². The first-order valence-electron chi connectivity index (χ1n) is 11.0. The third-order valence-electron chi connectivity index (χ3n) is 5.60. The van der Waals surface area contributed by atoms with Gasteiger partial charge in [-0.3, -0.25) is 4.79 Å². The maximum absolute atomic E-state index is 13.3. The third kappa shape index (κ3) is 5.84. The highest BCUT2D eigenvalue weighted by atomic mass is 19.4. The predicted octanol–water partition coefficient (Wildman–Crippen LogP) is 6.85. The fraction of sp³-hybridized carbons (Fsp3) is 0.259. The second-order valence-electron chi connectivity index (χ2n) is 8.12. The van der Waals surface area contributed by atoms with Crippen LogP contribution in [0.2, 0.25) is 0 Å². The Balaban J connectivity index is 0.00000361. The number of amides is 1. The van der Waals surface area contributed by atoms with Crippen LogP contribution in [0.1, 0.15) is 44.9 Å². The number of fused-ring (bicyclic) bond motifs is 1. The van der Waals surface area contributed by atoms with Crippen molar-refractivity contribution in [3.05, 3.63) is 89.9 Å². The number of ether oxygens (including phenoxy) is 1. The molecule has 0 unspecified atom stereocenters. The number of carbonyl (C=O) groups excluding carboxylic acids is 1. The molecule has 190 valence electrons. The van der Waals surface area contributed by atoms with Gasteiger partial charge in [0.05, 0.1) is 29.0 Å². The van der Waals surface area contributed by atoms with Crippen molar-refractivity contribution in [3.8, 4) is 11.4 Å². The van der Waals surface area contributed by atoms with Gasteiger partial charge in [-0.2, -0.15) is 18.3 Å². The SMILES string of the molecule is C.CCC(=O)N[C@@H](C)[C@H](Oc1ccc2c(cnn2-c2ccc(F)cc2)c1)c1ccc(C(F)(F)F)cc1. The molecule has 36 heavy (non-hydrogen) atoms. The molecule has 4 aromatic rings. The quantitative estimate of drug-likeness (QED) is 0.282. The average Bonchev–Trinajstić information content (AvgIpc) is 3.25. The maximum Gasteiger partial charge on any atom is 0.416 e. The minimum Gasteiger partial charge on any atom is -0.484 e. The lowest BCUT2D eigenvalue weighted by atomic mass is 10.0. The molecule has 1 heterocycles. The maximum atomic E-state index is 13.3. The van der Waals surface area contributed by atoms with E-state index in [0.717, 1.165) is 23.0 Å². The van der Waals surface area contributed by atoms with Gasteiger partial charge in [0.1, 0.15) is 17.7 Å². The van der Waals surface area contributed by atoms with E-state index in [1.165, 1.54) is 24.3 Å². The fourth-order valence-corrected chi connectivity index (χ4v) is 3.77. The van der Waals surface area contributed by atoms with Crippen LogP contribution in [-0.2, 0) is 11.0 Å². The van der Waals surface area contributed by atoms with Crippen molar-refractivity contribution < 1.29 is 27.1 Å². The van der Waals surface area contributed by atoms with Gasteiger partial charge in [0, 0.05) is 11.8 Å². The number of aromatic nitrogens is 2. The average molecular weight is 502 g/mol. The third-order valence-corrected chi connectivity index (χ3v) is 5.60. The molecule has 0 aliphatic carbocycles. The zero-order valence-electron chi connectivity index (χ0n) is 19.0. The number of halogens is 4. The van der Waals surface area contributed by atoms with Gasteiger partial charge in [-0.1, -0.05) is 26.5 Å². The van der Waals surface area contributed by atoms with Gasteiger partial charge >= 0.3 is 6.18 Å². The highest BCUT2D eigenvalue weighted by molar-refractivity contribution is 5.81. The first kappa shape index (κ1) is 26.7. The summed E-state index contributed by atoms with van der Waals surface area (Å²) >= 11 is 0. The van der Waals surface area contributed by atoms with Crippen LogP contribution in [0.15, 0.2) is 72.9 Å². The number of nitrogens with zero attached hydrogens (tertiary/aromatic N) is 2. The number of benzene rings is 3. The summed E-state index contributed by atoms with van der Waals surface area (Å²) in [4.78, 5) is 12.0. The van der Waals surface area contributed by atoms with E-state index in [1.54, 1.807) is 55.1 Å². The lowest BCUT2D eigenvalue weighted by Gasteiger charge is -2.27. The van der Waals surface area contributed by atoms with E-state index < -0.39 is 23.9 Å². The van der Waals surface area contributed by atoms with Crippen LogP contribution in [0.25, 0.3) is 16.6 Å². The first-order valence-corrected chi connectivity index (χ1v) is 11.0. The molecule has 0 fully saturated rings. The number of hydrogen-bond donors (Lipinski definition) is 1. The van der Waals surface area contributed by atoms with Gasteiger partial charge in [-0.05, 0) is 67.1 Å². The number of rotatable bonds is 7. The van der Waals surface area contributed by atoms with E-state index in [2.05, 4.69) is 10.4 Å². The topological polar surface area (TPSA) is 56.1 Å². The zero-order chi connectivity index (χ0) is 25.2. The van der Waals surface area contributed by atoms with Crippen LogP contribution >= 0.6 is 0 Å². The second-order valence-corrected chi connectivity index (χ2v) is 8.12.